The molecule has 0 aromatic heterocycles. The van der Waals surface area contributed by atoms with Gasteiger partial charge in [-0.15, -0.1) is 0 Å². The fraction of sp³-hybridized carbons (Fsp3) is 0.800. The lowest BCUT2D eigenvalue weighted by molar-refractivity contribution is -0.147. The van der Waals surface area contributed by atoms with Crippen molar-refractivity contribution >= 4 is 23.8 Å². The van der Waals surface area contributed by atoms with Crippen molar-refractivity contribution in [3.05, 3.63) is 24.3 Å². The molecule has 2 unspecified atom stereocenters. The van der Waals surface area contributed by atoms with E-state index < -0.39 is 24.5 Å². The van der Waals surface area contributed by atoms with E-state index >= 15 is 0 Å². The molecule has 0 aliphatic carbocycles. The average molecular weight is 693 g/mol. The highest BCUT2D eigenvalue weighted by molar-refractivity contribution is 5.87. The zero-order chi connectivity index (χ0) is 36.2. The minimum atomic E-state index is -1.38. The van der Waals surface area contributed by atoms with Crippen LogP contribution in [-0.4, -0.2) is 59.3 Å². The van der Waals surface area contributed by atoms with Crippen LogP contribution >= 0.6 is 0 Å². The summed E-state index contributed by atoms with van der Waals surface area (Å²) in [6.07, 6.45) is 36.5. The number of unbranched alkanes of at least 4 members (excludes halogenated alkanes) is 19. The number of carboxylic acids is 1. The number of aliphatic hydroxyl groups is 1. The maximum atomic E-state index is 12.7. The van der Waals surface area contributed by atoms with E-state index in [9.17, 15) is 19.2 Å². The number of ether oxygens (including phenoxy) is 1. The lowest BCUT2D eigenvalue weighted by Gasteiger charge is -2.15. The van der Waals surface area contributed by atoms with Crippen LogP contribution in [-0.2, 0) is 23.9 Å². The molecule has 0 fully saturated rings. The summed E-state index contributed by atoms with van der Waals surface area (Å²) in [5.41, 5.74) is 0. The number of carbonyl (C=O) groups excluding carboxylic acids is 3. The number of hydrogen-bond donors (Lipinski definition) is 4. The molecular formula is C40H72N2O7. The standard InChI is InChI=1S/C40H72N2O7/c1-3-5-7-9-11-13-14-16-18-24-28-32-39(46)49-35(29-25-21-17-15-12-10-8-6-4-2)30-26-22-19-20-23-27-31-37(44)41-33-38(45)42-36(34-43)40(47)48/h9,11,25,29,35-36,43H,3-8,10,12-24,26-28,30-34H2,1-2H3,(H,41,44)(H,42,45)(H,47,48)/b11-9-,29-25-. The topological polar surface area (TPSA) is 142 Å². The van der Waals surface area contributed by atoms with Crippen molar-refractivity contribution in [2.24, 2.45) is 0 Å². The van der Waals surface area contributed by atoms with Crippen molar-refractivity contribution in [2.75, 3.05) is 13.2 Å². The van der Waals surface area contributed by atoms with Gasteiger partial charge in [-0.1, -0.05) is 128 Å². The summed E-state index contributed by atoms with van der Waals surface area (Å²) in [6, 6.07) is -1.38. The predicted molar refractivity (Wildman–Crippen MR) is 199 cm³/mol. The van der Waals surface area contributed by atoms with Crippen molar-refractivity contribution in [2.45, 2.75) is 193 Å². The predicted octanol–water partition coefficient (Wildman–Crippen LogP) is 8.87. The normalized spacial score (nSPS) is 12.7. The number of carbonyl (C=O) groups is 4. The maximum absolute atomic E-state index is 12.7. The van der Waals surface area contributed by atoms with E-state index in [-0.39, 0.29) is 24.5 Å². The monoisotopic (exact) mass is 693 g/mol. The highest BCUT2D eigenvalue weighted by Gasteiger charge is 2.18. The summed E-state index contributed by atoms with van der Waals surface area (Å²) in [7, 11) is 0. The second-order valence-electron chi connectivity index (χ2n) is 13.4. The van der Waals surface area contributed by atoms with E-state index in [0.717, 1.165) is 64.2 Å². The zero-order valence-corrected chi connectivity index (χ0v) is 31.2. The number of amides is 2. The Bertz CT molecular complexity index is 890. The Morgan fingerprint density at radius 3 is 1.71 bits per heavy atom. The number of carboxylic acid groups (broad SMARTS) is 1. The molecule has 4 N–H and O–H groups in total. The zero-order valence-electron chi connectivity index (χ0n) is 31.2. The van der Waals surface area contributed by atoms with Crippen LogP contribution in [0.4, 0.5) is 0 Å². The van der Waals surface area contributed by atoms with E-state index in [1.54, 1.807) is 0 Å². The number of aliphatic hydroxyl groups excluding tert-OH is 1. The molecule has 2 atom stereocenters. The number of hydrogen-bond acceptors (Lipinski definition) is 6. The van der Waals surface area contributed by atoms with Crippen LogP contribution in [0.3, 0.4) is 0 Å². The number of allylic oxidation sites excluding steroid dienone is 3. The molecule has 0 radical (unpaired) electrons. The minimum Gasteiger partial charge on any atom is -0.480 e. The van der Waals surface area contributed by atoms with Gasteiger partial charge in [0.05, 0.1) is 13.2 Å². The van der Waals surface area contributed by atoms with Crippen molar-refractivity contribution in [3.63, 3.8) is 0 Å². The molecule has 0 aliphatic heterocycles. The molecule has 2 amide bonds. The molecule has 0 bridgehead atoms. The first-order chi connectivity index (χ1) is 23.8. The Labute approximate surface area is 298 Å². The van der Waals surface area contributed by atoms with Crippen LogP contribution in [0.5, 0.6) is 0 Å². The van der Waals surface area contributed by atoms with Gasteiger partial charge in [0, 0.05) is 12.8 Å². The van der Waals surface area contributed by atoms with Crippen LogP contribution in [0.15, 0.2) is 24.3 Å². The van der Waals surface area contributed by atoms with Gasteiger partial charge < -0.3 is 25.6 Å². The summed E-state index contributed by atoms with van der Waals surface area (Å²) in [5.74, 6) is -2.33. The van der Waals surface area contributed by atoms with E-state index in [1.165, 1.54) is 83.5 Å². The molecule has 0 saturated heterocycles. The smallest absolute Gasteiger partial charge is 0.328 e. The third-order valence-electron chi connectivity index (χ3n) is 8.66. The molecule has 0 heterocycles. The number of rotatable bonds is 35. The van der Waals surface area contributed by atoms with E-state index in [0.29, 0.717) is 19.3 Å². The molecule has 0 spiro atoms. The first-order valence-corrected chi connectivity index (χ1v) is 19.7. The summed E-state index contributed by atoms with van der Waals surface area (Å²) >= 11 is 0. The SMILES string of the molecule is CCCC/C=C\CCCCCCCC(=O)OC(/C=C\CCCCCCCCC)CCCCCCCCC(=O)NCC(=O)NC(CO)C(=O)O. The van der Waals surface area contributed by atoms with Crippen molar-refractivity contribution < 1.29 is 34.1 Å². The largest absolute Gasteiger partial charge is 0.480 e. The Balaban J connectivity index is 4.29. The van der Waals surface area contributed by atoms with Gasteiger partial charge in [-0.2, -0.15) is 0 Å². The molecule has 9 nitrogen and oxygen atoms in total. The second-order valence-corrected chi connectivity index (χ2v) is 13.4. The molecule has 284 valence electrons. The van der Waals surface area contributed by atoms with Crippen molar-refractivity contribution in [1.82, 2.24) is 10.6 Å². The van der Waals surface area contributed by atoms with Gasteiger partial charge in [-0.3, -0.25) is 14.4 Å². The number of esters is 1. The van der Waals surface area contributed by atoms with Gasteiger partial charge in [-0.25, -0.2) is 4.79 Å². The Morgan fingerprint density at radius 1 is 0.612 bits per heavy atom. The van der Waals surface area contributed by atoms with E-state index in [2.05, 4.69) is 48.8 Å². The summed E-state index contributed by atoms with van der Waals surface area (Å²) in [6.45, 7) is 3.43. The molecule has 0 rings (SSSR count). The average Bonchev–Trinajstić information content (AvgIpc) is 3.08. The number of aliphatic carboxylic acids is 1. The van der Waals surface area contributed by atoms with Gasteiger partial charge in [-0.05, 0) is 63.9 Å². The molecule has 0 saturated carbocycles. The van der Waals surface area contributed by atoms with Crippen LogP contribution in [0.2, 0.25) is 0 Å². The Hall–Kier alpha value is -2.68. The summed E-state index contributed by atoms with van der Waals surface area (Å²) in [4.78, 5) is 47.3. The van der Waals surface area contributed by atoms with Crippen LogP contribution in [0, 0.1) is 0 Å². The van der Waals surface area contributed by atoms with Gasteiger partial charge in [0.1, 0.15) is 12.1 Å². The Morgan fingerprint density at radius 2 is 1.12 bits per heavy atom. The van der Waals surface area contributed by atoms with E-state index in [4.69, 9.17) is 14.9 Å². The van der Waals surface area contributed by atoms with Gasteiger partial charge in [0.15, 0.2) is 0 Å². The summed E-state index contributed by atoms with van der Waals surface area (Å²) < 4.78 is 5.92. The highest BCUT2D eigenvalue weighted by atomic mass is 16.5. The van der Waals surface area contributed by atoms with Gasteiger partial charge >= 0.3 is 11.9 Å². The first kappa shape index (κ1) is 46.3. The highest BCUT2D eigenvalue weighted by Crippen LogP contribution is 2.16. The molecule has 0 aliphatic rings. The summed E-state index contributed by atoms with van der Waals surface area (Å²) in [5, 5.41) is 22.5. The fourth-order valence-corrected chi connectivity index (χ4v) is 5.55. The van der Waals surface area contributed by atoms with E-state index in [1.807, 2.05) is 0 Å². The molecule has 0 aromatic rings. The molecule has 9 heteroatoms. The third kappa shape index (κ3) is 32.3. The van der Waals surface area contributed by atoms with Gasteiger partial charge in [0.2, 0.25) is 11.8 Å². The lowest BCUT2D eigenvalue weighted by Crippen LogP contribution is -2.47. The van der Waals surface area contributed by atoms with Crippen LogP contribution in [0.25, 0.3) is 0 Å². The quantitative estimate of drug-likeness (QED) is 0.0295. The molecule has 49 heavy (non-hydrogen) atoms. The maximum Gasteiger partial charge on any atom is 0.328 e. The molecular weight excluding hydrogens is 620 g/mol. The van der Waals surface area contributed by atoms with Gasteiger partial charge in [0.25, 0.3) is 0 Å². The van der Waals surface area contributed by atoms with Crippen LogP contribution < -0.4 is 10.6 Å². The van der Waals surface area contributed by atoms with Crippen molar-refractivity contribution in [1.29, 1.82) is 0 Å². The molecule has 0 aromatic carbocycles. The number of nitrogens with one attached hydrogen (secondary N) is 2. The first-order valence-electron chi connectivity index (χ1n) is 19.7. The van der Waals surface area contributed by atoms with Crippen molar-refractivity contribution in [3.8, 4) is 0 Å². The second kappa shape index (κ2) is 35.2. The minimum absolute atomic E-state index is 0.0877. The third-order valence-corrected chi connectivity index (χ3v) is 8.66. The van der Waals surface area contributed by atoms with Crippen LogP contribution in [0.1, 0.15) is 181 Å². The fourth-order valence-electron chi connectivity index (χ4n) is 5.55. The lowest BCUT2D eigenvalue weighted by atomic mass is 10.0. The Kier molecular flexibility index (Phi) is 33.2.